The Kier molecular flexibility index (Phi) is 38.2. The van der Waals surface area contributed by atoms with Gasteiger partial charge in [-0.05, 0) is 25.9 Å². The minimum absolute atomic E-state index is 0.178. The van der Waals surface area contributed by atoms with Gasteiger partial charge in [0, 0.05) is 39.3 Å². The van der Waals surface area contributed by atoms with Crippen LogP contribution in [-0.4, -0.2) is 107 Å². The predicted molar refractivity (Wildman–Crippen MR) is 216 cm³/mol. The molecular formula is C42H90N4O4. The van der Waals surface area contributed by atoms with Crippen LogP contribution < -0.4 is 11.5 Å². The third-order valence-corrected chi connectivity index (χ3v) is 10.5. The molecular weight excluding hydrogens is 624 g/mol. The second kappa shape index (κ2) is 38.4. The molecule has 302 valence electrons. The van der Waals surface area contributed by atoms with Gasteiger partial charge in [-0.2, -0.15) is 0 Å². The van der Waals surface area contributed by atoms with E-state index in [9.17, 15) is 20.4 Å². The molecule has 0 aliphatic heterocycles. The first-order chi connectivity index (χ1) is 24.4. The number of aliphatic hydroxyl groups excluding tert-OH is 4. The van der Waals surface area contributed by atoms with Crippen molar-refractivity contribution in [3.8, 4) is 0 Å². The van der Waals surface area contributed by atoms with Gasteiger partial charge >= 0.3 is 0 Å². The van der Waals surface area contributed by atoms with Crippen LogP contribution in [0.1, 0.15) is 194 Å². The summed E-state index contributed by atoms with van der Waals surface area (Å²) in [6, 6.07) is 0. The average Bonchev–Trinajstić information content (AvgIpc) is 3.11. The van der Waals surface area contributed by atoms with Gasteiger partial charge in [0.05, 0.1) is 24.4 Å². The number of unbranched alkanes of at least 4 members (excludes halogenated alkanes) is 26. The standard InChI is InChI=1S/C42H90N4O4/c1-3-5-7-9-11-13-15-17-19-21-23-25-27-29-31-45(35-39(47)33-43)37-41(49)42(50)38-46(36-40(48)34-44)32-30-28-26-24-22-20-18-16-14-12-10-8-6-4-2/h39-42,47-50H,3-38,43-44H2,1-2H3. The molecule has 0 rings (SSSR count). The fourth-order valence-corrected chi connectivity index (χ4v) is 7.09. The Morgan fingerprint density at radius 1 is 0.340 bits per heavy atom. The molecule has 0 saturated carbocycles. The molecule has 0 bridgehead atoms. The minimum atomic E-state index is -0.944. The van der Waals surface area contributed by atoms with Gasteiger partial charge in [-0.3, -0.25) is 9.80 Å². The van der Waals surface area contributed by atoms with Crippen molar-refractivity contribution in [2.24, 2.45) is 11.5 Å². The van der Waals surface area contributed by atoms with Crippen molar-refractivity contribution in [1.29, 1.82) is 0 Å². The molecule has 0 fully saturated rings. The summed E-state index contributed by atoms with van der Waals surface area (Å²) in [6.45, 7) is 7.82. The van der Waals surface area contributed by atoms with E-state index in [4.69, 9.17) is 11.5 Å². The van der Waals surface area contributed by atoms with Gasteiger partial charge in [-0.25, -0.2) is 0 Å². The van der Waals surface area contributed by atoms with Crippen molar-refractivity contribution < 1.29 is 20.4 Å². The number of rotatable bonds is 41. The van der Waals surface area contributed by atoms with Crippen molar-refractivity contribution in [2.75, 3.05) is 52.4 Å². The van der Waals surface area contributed by atoms with Crippen LogP contribution in [0.5, 0.6) is 0 Å². The highest BCUT2D eigenvalue weighted by Crippen LogP contribution is 2.15. The molecule has 8 nitrogen and oxygen atoms in total. The highest BCUT2D eigenvalue weighted by Gasteiger charge is 2.24. The minimum Gasteiger partial charge on any atom is -0.390 e. The van der Waals surface area contributed by atoms with Crippen molar-refractivity contribution in [3.63, 3.8) is 0 Å². The summed E-state index contributed by atoms with van der Waals surface area (Å²) in [4.78, 5) is 4.11. The Morgan fingerprint density at radius 3 is 0.780 bits per heavy atom. The summed E-state index contributed by atoms with van der Waals surface area (Å²) in [5.41, 5.74) is 11.4. The lowest BCUT2D eigenvalue weighted by molar-refractivity contribution is -0.0299. The third-order valence-electron chi connectivity index (χ3n) is 10.5. The van der Waals surface area contributed by atoms with Gasteiger partial charge < -0.3 is 31.9 Å². The predicted octanol–water partition coefficient (Wildman–Crippen LogP) is 7.91. The Balaban J connectivity index is 4.34. The SMILES string of the molecule is CCCCCCCCCCCCCCCCN(CC(O)CN)CC(O)C(O)CN(CCCCCCCCCCCCCCCC)CC(O)CN. The topological polar surface area (TPSA) is 139 Å². The monoisotopic (exact) mass is 715 g/mol. The molecule has 4 unspecified atom stereocenters. The van der Waals surface area contributed by atoms with Gasteiger partial charge in [-0.15, -0.1) is 0 Å². The maximum absolute atomic E-state index is 11.0. The second-order valence-corrected chi connectivity index (χ2v) is 15.6. The first-order valence-corrected chi connectivity index (χ1v) is 21.9. The van der Waals surface area contributed by atoms with E-state index in [1.807, 2.05) is 0 Å². The highest BCUT2D eigenvalue weighted by molar-refractivity contribution is 4.78. The lowest BCUT2D eigenvalue weighted by Gasteiger charge is -2.32. The van der Waals surface area contributed by atoms with Crippen LogP contribution in [0, 0.1) is 0 Å². The van der Waals surface area contributed by atoms with E-state index in [-0.39, 0.29) is 13.1 Å². The normalized spacial score (nSPS) is 14.5. The van der Waals surface area contributed by atoms with E-state index >= 15 is 0 Å². The van der Waals surface area contributed by atoms with Crippen molar-refractivity contribution >= 4 is 0 Å². The summed E-state index contributed by atoms with van der Waals surface area (Å²) in [5, 5.41) is 42.5. The molecule has 0 aliphatic rings. The van der Waals surface area contributed by atoms with Crippen molar-refractivity contribution in [1.82, 2.24) is 9.80 Å². The Hall–Kier alpha value is -0.320. The molecule has 0 aromatic rings. The molecule has 8 N–H and O–H groups in total. The number of nitrogens with zero attached hydrogens (tertiary/aromatic N) is 2. The second-order valence-electron chi connectivity index (χ2n) is 15.6. The molecule has 0 aromatic carbocycles. The Morgan fingerprint density at radius 2 is 0.560 bits per heavy atom. The largest absolute Gasteiger partial charge is 0.390 e. The van der Waals surface area contributed by atoms with E-state index in [0.29, 0.717) is 26.2 Å². The summed E-state index contributed by atoms with van der Waals surface area (Å²) < 4.78 is 0. The van der Waals surface area contributed by atoms with Gasteiger partial charge in [0.2, 0.25) is 0 Å². The van der Waals surface area contributed by atoms with Gasteiger partial charge in [0.15, 0.2) is 0 Å². The zero-order chi connectivity index (χ0) is 36.9. The van der Waals surface area contributed by atoms with Crippen LogP contribution in [-0.2, 0) is 0 Å². The molecule has 8 heteroatoms. The first-order valence-electron chi connectivity index (χ1n) is 21.9. The summed E-state index contributed by atoms with van der Waals surface area (Å²) in [6.07, 6.45) is 33.4. The van der Waals surface area contributed by atoms with Crippen LogP contribution in [0.3, 0.4) is 0 Å². The van der Waals surface area contributed by atoms with Crippen LogP contribution >= 0.6 is 0 Å². The van der Waals surface area contributed by atoms with E-state index in [0.717, 1.165) is 38.8 Å². The van der Waals surface area contributed by atoms with E-state index < -0.39 is 24.4 Å². The molecule has 0 radical (unpaired) electrons. The summed E-state index contributed by atoms with van der Waals surface area (Å²) >= 11 is 0. The Bertz CT molecular complexity index is 607. The number of hydrogen-bond donors (Lipinski definition) is 6. The van der Waals surface area contributed by atoms with Crippen molar-refractivity contribution in [2.45, 2.75) is 218 Å². The molecule has 0 heterocycles. The number of aliphatic hydroxyl groups is 4. The highest BCUT2D eigenvalue weighted by atomic mass is 16.3. The molecule has 0 aliphatic carbocycles. The van der Waals surface area contributed by atoms with E-state index in [1.54, 1.807) is 0 Å². The van der Waals surface area contributed by atoms with Crippen LogP contribution in [0.25, 0.3) is 0 Å². The lowest BCUT2D eigenvalue weighted by atomic mass is 10.0. The number of nitrogens with two attached hydrogens (primary N) is 2. The van der Waals surface area contributed by atoms with Gasteiger partial charge in [0.1, 0.15) is 0 Å². The van der Waals surface area contributed by atoms with Crippen LogP contribution in [0.4, 0.5) is 0 Å². The molecule has 0 saturated heterocycles. The van der Waals surface area contributed by atoms with Crippen LogP contribution in [0.15, 0.2) is 0 Å². The summed E-state index contributed by atoms with van der Waals surface area (Å²) in [5.74, 6) is 0. The molecule has 50 heavy (non-hydrogen) atoms. The zero-order valence-corrected chi connectivity index (χ0v) is 33.6. The molecule has 0 spiro atoms. The maximum Gasteiger partial charge on any atom is 0.0938 e. The lowest BCUT2D eigenvalue weighted by Crippen LogP contribution is -2.49. The fraction of sp³-hybridized carbons (Fsp3) is 1.00. The first kappa shape index (κ1) is 49.7. The molecule has 0 aromatic heterocycles. The smallest absolute Gasteiger partial charge is 0.0938 e. The van der Waals surface area contributed by atoms with Gasteiger partial charge in [0.25, 0.3) is 0 Å². The molecule has 4 atom stereocenters. The van der Waals surface area contributed by atoms with E-state index in [1.165, 1.54) is 154 Å². The zero-order valence-electron chi connectivity index (χ0n) is 33.6. The fourth-order valence-electron chi connectivity index (χ4n) is 7.09. The Labute approximate surface area is 311 Å². The van der Waals surface area contributed by atoms with Gasteiger partial charge in [-0.1, -0.05) is 181 Å². The maximum atomic E-state index is 11.0. The van der Waals surface area contributed by atoms with E-state index in [2.05, 4.69) is 23.6 Å². The summed E-state index contributed by atoms with van der Waals surface area (Å²) in [7, 11) is 0. The quantitative estimate of drug-likeness (QED) is 0.0351. The molecule has 0 amide bonds. The van der Waals surface area contributed by atoms with Crippen molar-refractivity contribution in [3.05, 3.63) is 0 Å². The average molecular weight is 715 g/mol. The van der Waals surface area contributed by atoms with Crippen LogP contribution in [0.2, 0.25) is 0 Å². The number of hydrogen-bond acceptors (Lipinski definition) is 8. The third kappa shape index (κ3) is 33.5.